The average molecular weight is 198 g/mol. The van der Waals surface area contributed by atoms with Gasteiger partial charge in [0.15, 0.2) is 0 Å². The second-order valence-corrected chi connectivity index (χ2v) is 4.62. The van der Waals surface area contributed by atoms with Crippen LogP contribution in [-0.2, 0) is 4.79 Å². The Morgan fingerprint density at radius 2 is 1.93 bits per heavy atom. The monoisotopic (exact) mass is 198 g/mol. The zero-order chi connectivity index (χ0) is 10.6. The highest BCUT2D eigenvalue weighted by Gasteiger charge is 2.29. The molecule has 1 aliphatic rings. The van der Waals surface area contributed by atoms with Gasteiger partial charge in [-0.1, -0.05) is 6.92 Å². The van der Waals surface area contributed by atoms with Crippen molar-refractivity contribution in [2.24, 2.45) is 0 Å². The van der Waals surface area contributed by atoms with Crippen LogP contribution in [0.3, 0.4) is 0 Å². The van der Waals surface area contributed by atoms with Crippen LogP contribution in [0.15, 0.2) is 0 Å². The maximum absolute atomic E-state index is 11.4. The number of ketones is 1. The van der Waals surface area contributed by atoms with Gasteiger partial charge in [-0.25, -0.2) is 0 Å². The predicted octanol–water partition coefficient (Wildman–Crippen LogP) is 1.04. The van der Waals surface area contributed by atoms with Gasteiger partial charge in [0.05, 0.1) is 0 Å². The van der Waals surface area contributed by atoms with Crippen molar-refractivity contribution in [1.82, 2.24) is 10.2 Å². The Morgan fingerprint density at radius 1 is 1.36 bits per heavy atom. The molecule has 3 nitrogen and oxygen atoms in total. The molecule has 0 aromatic heterocycles. The topological polar surface area (TPSA) is 32.3 Å². The van der Waals surface area contributed by atoms with Crippen LogP contribution in [0.5, 0.6) is 0 Å². The zero-order valence-electron chi connectivity index (χ0n) is 9.60. The fraction of sp³-hybridized carbons (Fsp3) is 0.909. The van der Waals surface area contributed by atoms with E-state index in [-0.39, 0.29) is 5.54 Å². The lowest BCUT2D eigenvalue weighted by molar-refractivity contribution is -0.121. The molecule has 3 heteroatoms. The first-order valence-corrected chi connectivity index (χ1v) is 5.54. The van der Waals surface area contributed by atoms with Gasteiger partial charge in [-0.3, -0.25) is 9.69 Å². The number of hydrogen-bond acceptors (Lipinski definition) is 3. The van der Waals surface area contributed by atoms with Crippen molar-refractivity contribution >= 4 is 5.78 Å². The van der Waals surface area contributed by atoms with E-state index >= 15 is 0 Å². The Hall–Kier alpha value is -0.410. The molecule has 0 amide bonds. The van der Waals surface area contributed by atoms with E-state index in [1.807, 2.05) is 6.92 Å². The number of carbonyl (C=O) groups excluding carboxylic acids is 1. The van der Waals surface area contributed by atoms with Crippen LogP contribution < -0.4 is 5.32 Å². The van der Waals surface area contributed by atoms with Crippen molar-refractivity contribution in [3.8, 4) is 0 Å². The van der Waals surface area contributed by atoms with Crippen molar-refractivity contribution in [1.29, 1.82) is 0 Å². The van der Waals surface area contributed by atoms with Gasteiger partial charge in [-0.2, -0.15) is 0 Å². The number of nitrogens with one attached hydrogen (secondary N) is 1. The molecule has 1 rings (SSSR count). The summed E-state index contributed by atoms with van der Waals surface area (Å²) >= 11 is 0. The van der Waals surface area contributed by atoms with E-state index in [9.17, 15) is 4.79 Å². The largest absolute Gasteiger partial charge is 0.314 e. The summed E-state index contributed by atoms with van der Waals surface area (Å²) in [4.78, 5) is 13.8. The quantitative estimate of drug-likeness (QED) is 0.732. The number of piperazine rings is 1. The lowest BCUT2D eigenvalue weighted by atomic mass is 9.94. The molecule has 1 N–H and O–H groups in total. The highest BCUT2D eigenvalue weighted by atomic mass is 16.1. The van der Waals surface area contributed by atoms with E-state index < -0.39 is 0 Å². The van der Waals surface area contributed by atoms with Gasteiger partial charge in [0.1, 0.15) is 5.78 Å². The number of Topliss-reactive ketones (excluding diaryl/α,β-unsaturated/α-hetero) is 1. The van der Waals surface area contributed by atoms with Crippen LogP contribution in [0.25, 0.3) is 0 Å². The number of rotatable bonds is 4. The first-order chi connectivity index (χ1) is 6.56. The lowest BCUT2D eigenvalue weighted by Crippen LogP contribution is -2.54. The van der Waals surface area contributed by atoms with E-state index in [2.05, 4.69) is 24.1 Å². The third-order valence-corrected chi connectivity index (χ3v) is 3.00. The van der Waals surface area contributed by atoms with Crippen molar-refractivity contribution < 1.29 is 4.79 Å². The molecule has 0 bridgehead atoms. The first-order valence-electron chi connectivity index (χ1n) is 5.54. The third-order valence-electron chi connectivity index (χ3n) is 3.00. The maximum Gasteiger partial charge on any atom is 0.134 e. The standard InChI is InChI=1S/C11H22N2O/c1-4-10(14)9-11(2,3)13-7-5-12-6-8-13/h12H,4-9H2,1-3H3. The summed E-state index contributed by atoms with van der Waals surface area (Å²) in [7, 11) is 0. The Bertz CT molecular complexity index is 195. The van der Waals surface area contributed by atoms with Crippen LogP contribution in [0, 0.1) is 0 Å². The lowest BCUT2D eigenvalue weighted by Gasteiger charge is -2.40. The molecule has 0 aliphatic carbocycles. The van der Waals surface area contributed by atoms with Crippen molar-refractivity contribution in [2.75, 3.05) is 26.2 Å². The predicted molar refractivity (Wildman–Crippen MR) is 58.4 cm³/mol. The van der Waals surface area contributed by atoms with E-state index in [0.717, 1.165) is 26.2 Å². The van der Waals surface area contributed by atoms with Crippen molar-refractivity contribution in [2.45, 2.75) is 39.2 Å². The second kappa shape index (κ2) is 4.89. The Labute approximate surface area is 86.9 Å². The summed E-state index contributed by atoms with van der Waals surface area (Å²) in [6.07, 6.45) is 1.35. The van der Waals surface area contributed by atoms with Gasteiger partial charge in [-0.15, -0.1) is 0 Å². The molecule has 0 atom stereocenters. The van der Waals surface area contributed by atoms with Crippen LogP contribution in [0.1, 0.15) is 33.6 Å². The Balaban J connectivity index is 2.49. The highest BCUT2D eigenvalue weighted by Crippen LogP contribution is 2.20. The molecule has 0 aromatic carbocycles. The number of hydrogen-bond donors (Lipinski definition) is 1. The second-order valence-electron chi connectivity index (χ2n) is 4.62. The normalized spacial score (nSPS) is 19.6. The molecule has 0 radical (unpaired) electrons. The van der Waals surface area contributed by atoms with Crippen LogP contribution in [-0.4, -0.2) is 42.4 Å². The molecule has 1 aliphatic heterocycles. The van der Waals surface area contributed by atoms with Gasteiger partial charge in [0.2, 0.25) is 0 Å². The molecule has 0 spiro atoms. The molecule has 0 unspecified atom stereocenters. The van der Waals surface area contributed by atoms with E-state index in [4.69, 9.17) is 0 Å². The molecule has 1 fully saturated rings. The summed E-state index contributed by atoms with van der Waals surface area (Å²) < 4.78 is 0. The molecular weight excluding hydrogens is 176 g/mol. The minimum absolute atomic E-state index is 0.0369. The average Bonchev–Trinajstić information content (AvgIpc) is 2.18. The van der Waals surface area contributed by atoms with Gasteiger partial charge in [-0.05, 0) is 13.8 Å². The Morgan fingerprint density at radius 3 is 2.43 bits per heavy atom. The fourth-order valence-corrected chi connectivity index (χ4v) is 1.99. The van der Waals surface area contributed by atoms with Gasteiger partial charge >= 0.3 is 0 Å². The fourth-order valence-electron chi connectivity index (χ4n) is 1.99. The summed E-state index contributed by atoms with van der Waals surface area (Å²) in [6, 6.07) is 0. The number of carbonyl (C=O) groups is 1. The zero-order valence-corrected chi connectivity index (χ0v) is 9.60. The van der Waals surface area contributed by atoms with Crippen LogP contribution >= 0.6 is 0 Å². The van der Waals surface area contributed by atoms with Gasteiger partial charge < -0.3 is 5.32 Å². The molecule has 1 heterocycles. The van der Waals surface area contributed by atoms with E-state index in [1.54, 1.807) is 0 Å². The smallest absolute Gasteiger partial charge is 0.134 e. The summed E-state index contributed by atoms with van der Waals surface area (Å²) in [5.74, 6) is 0.369. The van der Waals surface area contributed by atoms with E-state index in [1.165, 1.54) is 0 Å². The Kier molecular flexibility index (Phi) is 4.08. The minimum Gasteiger partial charge on any atom is -0.314 e. The third kappa shape index (κ3) is 3.07. The molecule has 0 saturated carbocycles. The van der Waals surface area contributed by atoms with Crippen LogP contribution in [0.2, 0.25) is 0 Å². The SMILES string of the molecule is CCC(=O)CC(C)(C)N1CCNCC1. The number of nitrogens with zero attached hydrogens (tertiary/aromatic N) is 1. The van der Waals surface area contributed by atoms with E-state index in [0.29, 0.717) is 18.6 Å². The molecular formula is C11H22N2O. The summed E-state index contributed by atoms with van der Waals surface area (Å²) in [5.41, 5.74) is 0.0369. The maximum atomic E-state index is 11.4. The van der Waals surface area contributed by atoms with Gasteiger partial charge in [0, 0.05) is 44.6 Å². The van der Waals surface area contributed by atoms with Crippen LogP contribution in [0.4, 0.5) is 0 Å². The minimum atomic E-state index is 0.0369. The molecule has 0 aromatic rings. The highest BCUT2D eigenvalue weighted by molar-refractivity contribution is 5.79. The molecule has 1 saturated heterocycles. The van der Waals surface area contributed by atoms with Gasteiger partial charge in [0.25, 0.3) is 0 Å². The van der Waals surface area contributed by atoms with Crippen molar-refractivity contribution in [3.63, 3.8) is 0 Å². The summed E-state index contributed by atoms with van der Waals surface area (Å²) in [5, 5.41) is 3.33. The first kappa shape index (κ1) is 11.7. The summed E-state index contributed by atoms with van der Waals surface area (Å²) in [6.45, 7) is 10.5. The molecule has 82 valence electrons. The van der Waals surface area contributed by atoms with Crippen molar-refractivity contribution in [3.05, 3.63) is 0 Å². The molecule has 14 heavy (non-hydrogen) atoms.